The van der Waals surface area contributed by atoms with Crippen LogP contribution in [0.1, 0.15) is 29.8 Å². The van der Waals surface area contributed by atoms with Crippen LogP contribution >= 0.6 is 22.9 Å². The molecule has 4 aromatic heterocycles. The van der Waals surface area contributed by atoms with Crippen LogP contribution in [0.3, 0.4) is 0 Å². The Morgan fingerprint density at radius 1 is 1.31 bits per heavy atom. The second kappa shape index (κ2) is 7.20. The van der Waals surface area contributed by atoms with Gasteiger partial charge in [0.25, 0.3) is 0 Å². The first kappa shape index (κ1) is 18.9. The number of thiophene rings is 1. The maximum absolute atomic E-state index is 9.42. The summed E-state index contributed by atoms with van der Waals surface area (Å²) in [6, 6.07) is 3.70. The average Bonchev–Trinajstić information content (AvgIpc) is 3.29. The van der Waals surface area contributed by atoms with E-state index in [4.69, 9.17) is 28.1 Å². The van der Waals surface area contributed by atoms with Gasteiger partial charge in [-0.2, -0.15) is 31.7 Å². The summed E-state index contributed by atoms with van der Waals surface area (Å²) >= 11 is 7.94. The first-order valence-corrected chi connectivity index (χ1v) is 9.88. The SMILES string of the molecule is Cc1nn2cc([C@H](C)Nc3nc(N)nc(N)c3C#N)c(-c3ccsc3)nc2c1Cl. The van der Waals surface area contributed by atoms with E-state index >= 15 is 0 Å². The van der Waals surface area contributed by atoms with Gasteiger partial charge in [-0.05, 0) is 25.3 Å². The fourth-order valence-corrected chi connectivity index (χ4v) is 3.82. The highest BCUT2D eigenvalue weighted by Gasteiger charge is 2.21. The topological polar surface area (TPSA) is 144 Å². The number of nitriles is 1. The van der Waals surface area contributed by atoms with E-state index in [0.29, 0.717) is 16.4 Å². The van der Waals surface area contributed by atoms with Gasteiger partial charge in [0.2, 0.25) is 5.95 Å². The molecule has 0 aliphatic heterocycles. The molecule has 0 amide bonds. The van der Waals surface area contributed by atoms with Gasteiger partial charge in [-0.15, -0.1) is 0 Å². The van der Waals surface area contributed by atoms with Crippen molar-refractivity contribution in [3.63, 3.8) is 0 Å². The summed E-state index contributed by atoms with van der Waals surface area (Å²) < 4.78 is 1.65. The van der Waals surface area contributed by atoms with Crippen molar-refractivity contribution in [3.05, 3.63) is 44.9 Å². The number of nitrogens with zero attached hydrogens (tertiary/aromatic N) is 6. The van der Waals surface area contributed by atoms with Crippen molar-refractivity contribution in [3.8, 4) is 17.3 Å². The Kier molecular flexibility index (Phi) is 4.70. The molecule has 0 aliphatic rings. The minimum absolute atomic E-state index is 0.0164. The van der Waals surface area contributed by atoms with Crippen LogP contribution in [0.4, 0.5) is 17.6 Å². The summed E-state index contributed by atoms with van der Waals surface area (Å²) in [5.74, 6) is 0.268. The minimum Gasteiger partial charge on any atom is -0.382 e. The van der Waals surface area contributed by atoms with E-state index in [-0.39, 0.29) is 29.2 Å². The standard InChI is InChI=1S/C18H16ClN9S/c1-8(23-16-11(5-20)15(21)25-18(22)26-16)12-6-28-17(13(19)9(2)27-28)24-14(12)10-3-4-29-7-10/h3-4,6-8H,1-2H3,(H5,21,22,23,25,26)/t8-/m0/s1. The quantitative estimate of drug-likeness (QED) is 0.451. The molecule has 29 heavy (non-hydrogen) atoms. The molecule has 0 unspecified atom stereocenters. The number of rotatable bonds is 4. The van der Waals surface area contributed by atoms with Crippen molar-refractivity contribution in [1.82, 2.24) is 24.6 Å². The molecule has 0 spiro atoms. The van der Waals surface area contributed by atoms with E-state index in [1.807, 2.05) is 42.9 Å². The second-order valence-corrected chi connectivity index (χ2v) is 7.55. The third kappa shape index (κ3) is 3.30. The third-order valence-electron chi connectivity index (χ3n) is 4.42. The molecular weight excluding hydrogens is 410 g/mol. The lowest BCUT2D eigenvalue weighted by Crippen LogP contribution is -2.15. The first-order chi connectivity index (χ1) is 13.9. The average molecular weight is 426 g/mol. The Bertz CT molecular complexity index is 1260. The number of hydrogen-bond acceptors (Lipinski definition) is 9. The number of aryl methyl sites for hydroxylation is 1. The van der Waals surface area contributed by atoms with E-state index in [1.165, 1.54) is 0 Å². The first-order valence-electron chi connectivity index (χ1n) is 8.56. The van der Waals surface area contributed by atoms with Crippen molar-refractivity contribution in [1.29, 1.82) is 5.26 Å². The molecule has 4 rings (SSSR count). The lowest BCUT2D eigenvalue weighted by molar-refractivity contribution is 0.826. The highest BCUT2D eigenvalue weighted by Crippen LogP contribution is 2.33. The Morgan fingerprint density at radius 3 is 2.79 bits per heavy atom. The minimum atomic E-state index is -0.300. The molecular formula is C18H16ClN9S. The second-order valence-electron chi connectivity index (χ2n) is 6.39. The van der Waals surface area contributed by atoms with Gasteiger partial charge in [0.1, 0.15) is 22.5 Å². The van der Waals surface area contributed by atoms with Crippen LogP contribution in [-0.4, -0.2) is 24.6 Å². The summed E-state index contributed by atoms with van der Waals surface area (Å²) in [5, 5.41) is 21.5. The van der Waals surface area contributed by atoms with E-state index in [2.05, 4.69) is 20.4 Å². The van der Waals surface area contributed by atoms with Crippen LogP contribution < -0.4 is 16.8 Å². The molecule has 0 saturated heterocycles. The van der Waals surface area contributed by atoms with Crippen LogP contribution in [0.5, 0.6) is 0 Å². The Hall–Kier alpha value is -3.42. The predicted octanol–water partition coefficient (Wildman–Crippen LogP) is 3.42. The van der Waals surface area contributed by atoms with E-state index in [0.717, 1.165) is 16.8 Å². The van der Waals surface area contributed by atoms with Gasteiger partial charge in [0.05, 0.1) is 17.4 Å². The van der Waals surface area contributed by atoms with Crippen LogP contribution in [0.15, 0.2) is 23.0 Å². The van der Waals surface area contributed by atoms with Gasteiger partial charge in [0, 0.05) is 22.7 Å². The van der Waals surface area contributed by atoms with Gasteiger partial charge in [-0.25, -0.2) is 9.50 Å². The van der Waals surface area contributed by atoms with Crippen molar-refractivity contribution < 1.29 is 0 Å². The van der Waals surface area contributed by atoms with Crippen molar-refractivity contribution >= 4 is 46.2 Å². The summed E-state index contributed by atoms with van der Waals surface area (Å²) in [5.41, 5.74) is 15.5. The van der Waals surface area contributed by atoms with Gasteiger partial charge >= 0.3 is 0 Å². The molecule has 0 fully saturated rings. The molecule has 0 radical (unpaired) electrons. The molecule has 1 atom stereocenters. The molecule has 9 nitrogen and oxygen atoms in total. The van der Waals surface area contributed by atoms with Crippen molar-refractivity contribution in [2.45, 2.75) is 19.9 Å². The molecule has 146 valence electrons. The summed E-state index contributed by atoms with van der Waals surface area (Å²) in [4.78, 5) is 12.7. The Morgan fingerprint density at radius 2 is 2.10 bits per heavy atom. The van der Waals surface area contributed by atoms with Gasteiger partial charge in [0.15, 0.2) is 11.5 Å². The summed E-state index contributed by atoms with van der Waals surface area (Å²) in [6.45, 7) is 3.75. The van der Waals surface area contributed by atoms with Gasteiger partial charge in [-0.3, -0.25) is 0 Å². The number of halogens is 1. The molecule has 11 heteroatoms. The Labute approximate surface area is 175 Å². The van der Waals surface area contributed by atoms with Crippen molar-refractivity contribution in [2.75, 3.05) is 16.8 Å². The Balaban J connectivity index is 1.85. The lowest BCUT2D eigenvalue weighted by Gasteiger charge is -2.19. The van der Waals surface area contributed by atoms with Crippen LogP contribution in [-0.2, 0) is 0 Å². The van der Waals surface area contributed by atoms with Gasteiger partial charge < -0.3 is 16.8 Å². The fourth-order valence-electron chi connectivity index (χ4n) is 3.01. The third-order valence-corrected chi connectivity index (χ3v) is 5.55. The van der Waals surface area contributed by atoms with Crippen LogP contribution in [0.25, 0.3) is 16.9 Å². The molecule has 4 aromatic rings. The molecule has 0 aromatic carbocycles. The smallest absolute Gasteiger partial charge is 0.224 e. The molecule has 4 heterocycles. The number of nitrogen functional groups attached to an aromatic ring is 2. The number of nitrogens with one attached hydrogen (secondary N) is 1. The number of hydrogen-bond donors (Lipinski definition) is 3. The molecule has 0 saturated carbocycles. The highest BCUT2D eigenvalue weighted by molar-refractivity contribution is 7.08. The molecule has 0 aliphatic carbocycles. The van der Waals surface area contributed by atoms with Gasteiger partial charge in [-0.1, -0.05) is 11.6 Å². The normalized spacial score (nSPS) is 12.1. The number of nitrogens with two attached hydrogens (primary N) is 2. The highest BCUT2D eigenvalue weighted by atomic mass is 35.5. The zero-order chi connectivity index (χ0) is 20.7. The fraction of sp³-hybridized carbons (Fsp3) is 0.167. The number of fused-ring (bicyclic) bond motifs is 1. The summed E-state index contributed by atoms with van der Waals surface area (Å²) in [7, 11) is 0. The zero-order valence-electron chi connectivity index (χ0n) is 15.5. The van der Waals surface area contributed by atoms with E-state index < -0.39 is 0 Å². The number of anilines is 3. The van der Waals surface area contributed by atoms with Crippen LogP contribution in [0.2, 0.25) is 5.02 Å². The maximum Gasteiger partial charge on any atom is 0.224 e. The monoisotopic (exact) mass is 425 g/mol. The molecule has 5 N–H and O–H groups in total. The maximum atomic E-state index is 9.42. The largest absolute Gasteiger partial charge is 0.382 e. The summed E-state index contributed by atoms with van der Waals surface area (Å²) in [6.07, 6.45) is 1.87. The van der Waals surface area contributed by atoms with Crippen molar-refractivity contribution in [2.24, 2.45) is 0 Å². The van der Waals surface area contributed by atoms with E-state index in [1.54, 1.807) is 15.9 Å². The zero-order valence-corrected chi connectivity index (χ0v) is 17.1. The molecule has 0 bridgehead atoms. The number of aromatic nitrogens is 5. The van der Waals surface area contributed by atoms with Crippen LogP contribution in [0, 0.1) is 18.3 Å². The van der Waals surface area contributed by atoms with E-state index in [9.17, 15) is 5.26 Å². The predicted molar refractivity (Wildman–Crippen MR) is 114 cm³/mol. The lowest BCUT2D eigenvalue weighted by atomic mass is 10.0.